The number of ether oxygens (including phenoxy) is 2. The fraction of sp³-hybridized carbons (Fsp3) is 0.615. The van der Waals surface area contributed by atoms with Crippen LogP contribution in [0.15, 0.2) is 12.2 Å². The standard InChI is InChI=1S/C13H22N2O5/c1-5-14-13(18)15-10(4)8-19-11(16)6-7-12(17)20-9(2)3/h6-7,9-10H,5,8H2,1-4H3,(H2,14,15,18)/b7-6+/t10-/m1/s1. The quantitative estimate of drug-likeness (QED) is 0.532. The summed E-state index contributed by atoms with van der Waals surface area (Å²) in [5.41, 5.74) is 0. The maximum atomic E-state index is 11.3. The van der Waals surface area contributed by atoms with Crippen LogP contribution in [0.25, 0.3) is 0 Å². The zero-order valence-electron chi connectivity index (χ0n) is 12.3. The molecule has 0 aliphatic rings. The van der Waals surface area contributed by atoms with Crippen LogP contribution in [-0.4, -0.2) is 43.3 Å². The third-order valence-corrected chi connectivity index (χ3v) is 1.90. The number of hydrogen-bond acceptors (Lipinski definition) is 5. The highest BCUT2D eigenvalue weighted by Gasteiger charge is 2.08. The van der Waals surface area contributed by atoms with Gasteiger partial charge in [-0.1, -0.05) is 0 Å². The van der Waals surface area contributed by atoms with E-state index in [-0.39, 0.29) is 24.8 Å². The van der Waals surface area contributed by atoms with Crippen LogP contribution in [0.3, 0.4) is 0 Å². The molecular formula is C13H22N2O5. The average Bonchev–Trinajstić information content (AvgIpc) is 2.33. The van der Waals surface area contributed by atoms with E-state index in [9.17, 15) is 14.4 Å². The summed E-state index contributed by atoms with van der Waals surface area (Å²) < 4.78 is 9.67. The van der Waals surface area contributed by atoms with Crippen molar-refractivity contribution in [2.24, 2.45) is 0 Å². The summed E-state index contributed by atoms with van der Waals surface area (Å²) in [6.45, 7) is 7.43. The van der Waals surface area contributed by atoms with E-state index in [1.165, 1.54) is 0 Å². The second kappa shape index (κ2) is 9.82. The molecule has 114 valence electrons. The summed E-state index contributed by atoms with van der Waals surface area (Å²) in [6.07, 6.45) is 1.75. The van der Waals surface area contributed by atoms with Gasteiger partial charge < -0.3 is 20.1 Å². The smallest absolute Gasteiger partial charge is 0.331 e. The number of rotatable bonds is 7. The van der Waals surface area contributed by atoms with Crippen molar-refractivity contribution in [2.45, 2.75) is 39.8 Å². The number of esters is 2. The molecule has 0 saturated carbocycles. The van der Waals surface area contributed by atoms with Crippen LogP contribution in [0.5, 0.6) is 0 Å². The first-order valence-electron chi connectivity index (χ1n) is 6.45. The lowest BCUT2D eigenvalue weighted by Gasteiger charge is -2.13. The van der Waals surface area contributed by atoms with E-state index in [2.05, 4.69) is 10.6 Å². The Hall–Kier alpha value is -2.05. The lowest BCUT2D eigenvalue weighted by Crippen LogP contribution is -2.42. The Labute approximate surface area is 118 Å². The van der Waals surface area contributed by atoms with Gasteiger partial charge >= 0.3 is 18.0 Å². The van der Waals surface area contributed by atoms with Crippen molar-refractivity contribution < 1.29 is 23.9 Å². The van der Waals surface area contributed by atoms with E-state index in [0.717, 1.165) is 12.2 Å². The summed E-state index contributed by atoms with van der Waals surface area (Å²) in [6, 6.07) is -0.659. The monoisotopic (exact) mass is 286 g/mol. The molecule has 0 rings (SSSR count). The van der Waals surface area contributed by atoms with Crippen LogP contribution in [0.2, 0.25) is 0 Å². The van der Waals surface area contributed by atoms with Crippen LogP contribution in [0, 0.1) is 0 Å². The van der Waals surface area contributed by atoms with Crippen LogP contribution in [0.4, 0.5) is 4.79 Å². The van der Waals surface area contributed by atoms with E-state index in [4.69, 9.17) is 9.47 Å². The molecule has 0 aliphatic heterocycles. The van der Waals surface area contributed by atoms with Crippen molar-refractivity contribution in [1.82, 2.24) is 10.6 Å². The van der Waals surface area contributed by atoms with Gasteiger partial charge in [0.25, 0.3) is 0 Å². The van der Waals surface area contributed by atoms with E-state index < -0.39 is 11.9 Å². The Morgan fingerprint density at radius 3 is 2.25 bits per heavy atom. The van der Waals surface area contributed by atoms with Crippen LogP contribution < -0.4 is 10.6 Å². The van der Waals surface area contributed by atoms with Gasteiger partial charge in [0, 0.05) is 18.7 Å². The van der Waals surface area contributed by atoms with Gasteiger partial charge in [0.1, 0.15) is 6.61 Å². The number of hydrogen-bond donors (Lipinski definition) is 2. The highest BCUT2D eigenvalue weighted by Crippen LogP contribution is 1.92. The molecule has 20 heavy (non-hydrogen) atoms. The molecule has 0 unspecified atom stereocenters. The fourth-order valence-corrected chi connectivity index (χ4v) is 1.14. The van der Waals surface area contributed by atoms with Crippen molar-refractivity contribution >= 4 is 18.0 Å². The highest BCUT2D eigenvalue weighted by atomic mass is 16.5. The molecule has 0 heterocycles. The molecule has 0 bridgehead atoms. The van der Waals surface area contributed by atoms with E-state index >= 15 is 0 Å². The number of carbonyl (C=O) groups excluding carboxylic acids is 3. The normalized spacial score (nSPS) is 12.1. The van der Waals surface area contributed by atoms with Crippen molar-refractivity contribution in [3.05, 3.63) is 12.2 Å². The molecule has 0 aliphatic carbocycles. The topological polar surface area (TPSA) is 93.7 Å². The molecule has 7 heteroatoms. The number of amides is 2. The Kier molecular flexibility index (Phi) is 8.82. The Morgan fingerprint density at radius 2 is 1.70 bits per heavy atom. The molecule has 0 aromatic heterocycles. The van der Waals surface area contributed by atoms with E-state index in [1.807, 2.05) is 0 Å². The van der Waals surface area contributed by atoms with Gasteiger partial charge in [-0.2, -0.15) is 0 Å². The molecule has 0 radical (unpaired) electrons. The summed E-state index contributed by atoms with van der Waals surface area (Å²) in [5, 5.41) is 5.14. The Bertz CT molecular complexity index is 366. The summed E-state index contributed by atoms with van der Waals surface area (Å²) >= 11 is 0. The van der Waals surface area contributed by atoms with Gasteiger partial charge in [-0.25, -0.2) is 14.4 Å². The predicted molar refractivity (Wildman–Crippen MR) is 73.0 cm³/mol. The van der Waals surface area contributed by atoms with Gasteiger partial charge in [-0.05, 0) is 27.7 Å². The van der Waals surface area contributed by atoms with Gasteiger partial charge in [0.05, 0.1) is 12.1 Å². The largest absolute Gasteiger partial charge is 0.460 e. The number of urea groups is 1. The molecule has 0 fully saturated rings. The van der Waals surface area contributed by atoms with Crippen molar-refractivity contribution in [1.29, 1.82) is 0 Å². The second-order valence-electron chi connectivity index (χ2n) is 4.35. The van der Waals surface area contributed by atoms with Crippen molar-refractivity contribution in [3.63, 3.8) is 0 Å². The first-order chi connectivity index (χ1) is 9.35. The third kappa shape index (κ3) is 9.93. The predicted octanol–water partition coefficient (Wildman–Crippen LogP) is 0.745. The van der Waals surface area contributed by atoms with Gasteiger partial charge in [-0.15, -0.1) is 0 Å². The van der Waals surface area contributed by atoms with E-state index in [1.54, 1.807) is 27.7 Å². The highest BCUT2D eigenvalue weighted by molar-refractivity contribution is 5.91. The molecule has 1 atom stereocenters. The lowest BCUT2D eigenvalue weighted by atomic mass is 10.4. The van der Waals surface area contributed by atoms with Crippen LogP contribution in [0.1, 0.15) is 27.7 Å². The van der Waals surface area contributed by atoms with E-state index in [0.29, 0.717) is 6.54 Å². The lowest BCUT2D eigenvalue weighted by molar-refractivity contribution is -0.143. The number of nitrogens with one attached hydrogen (secondary N) is 2. The van der Waals surface area contributed by atoms with Crippen molar-refractivity contribution in [2.75, 3.05) is 13.2 Å². The molecule has 7 nitrogen and oxygen atoms in total. The van der Waals surface area contributed by atoms with Crippen molar-refractivity contribution in [3.8, 4) is 0 Å². The molecule has 0 spiro atoms. The maximum absolute atomic E-state index is 11.3. The third-order valence-electron chi connectivity index (χ3n) is 1.90. The van der Waals surface area contributed by atoms with Gasteiger partial charge in [-0.3, -0.25) is 0 Å². The van der Waals surface area contributed by atoms with Gasteiger partial charge in [0.15, 0.2) is 0 Å². The second-order valence-corrected chi connectivity index (χ2v) is 4.35. The SMILES string of the molecule is CCNC(=O)N[C@H](C)COC(=O)/C=C/C(=O)OC(C)C. The number of carbonyl (C=O) groups is 3. The summed E-state index contributed by atoms with van der Waals surface area (Å²) in [5.74, 6) is -1.28. The zero-order valence-corrected chi connectivity index (χ0v) is 12.3. The molecule has 2 amide bonds. The minimum Gasteiger partial charge on any atom is -0.460 e. The minimum absolute atomic E-state index is 0.0134. The van der Waals surface area contributed by atoms with Gasteiger partial charge in [0.2, 0.25) is 0 Å². The molecule has 0 saturated heterocycles. The summed E-state index contributed by atoms with van der Waals surface area (Å²) in [4.78, 5) is 33.6. The molecular weight excluding hydrogens is 264 g/mol. The van der Waals surface area contributed by atoms with Crippen LogP contribution >= 0.6 is 0 Å². The molecule has 0 aromatic rings. The Morgan fingerprint density at radius 1 is 1.10 bits per heavy atom. The minimum atomic E-state index is -0.671. The molecule has 2 N–H and O–H groups in total. The first kappa shape index (κ1) is 17.9. The Balaban J connectivity index is 3.95. The molecule has 0 aromatic carbocycles. The van der Waals surface area contributed by atoms with Crippen LogP contribution in [-0.2, 0) is 19.1 Å². The maximum Gasteiger partial charge on any atom is 0.331 e. The summed E-state index contributed by atoms with van der Waals surface area (Å²) in [7, 11) is 0. The average molecular weight is 286 g/mol. The zero-order chi connectivity index (χ0) is 15.5. The first-order valence-corrected chi connectivity index (χ1v) is 6.45. The fourth-order valence-electron chi connectivity index (χ4n) is 1.14.